The SMILES string of the molecule is O=C(O)c1ccc(-c2ccc3[nH]ccc3c2)cc1. The Bertz CT molecular complexity index is 711. The molecule has 0 aliphatic carbocycles. The molecule has 0 aliphatic heterocycles. The van der Waals surface area contributed by atoms with E-state index in [9.17, 15) is 4.79 Å². The molecule has 1 aromatic heterocycles. The topological polar surface area (TPSA) is 53.1 Å². The van der Waals surface area contributed by atoms with E-state index in [4.69, 9.17) is 5.11 Å². The van der Waals surface area contributed by atoms with Crippen molar-refractivity contribution in [3.63, 3.8) is 0 Å². The number of benzene rings is 2. The first-order valence-corrected chi connectivity index (χ1v) is 5.65. The van der Waals surface area contributed by atoms with Gasteiger partial charge in [0.25, 0.3) is 0 Å². The number of carboxylic acids is 1. The summed E-state index contributed by atoms with van der Waals surface area (Å²) in [4.78, 5) is 13.9. The molecular weight excluding hydrogens is 226 g/mol. The molecule has 18 heavy (non-hydrogen) atoms. The van der Waals surface area contributed by atoms with Gasteiger partial charge in [0.15, 0.2) is 0 Å². The molecule has 3 nitrogen and oxygen atoms in total. The van der Waals surface area contributed by atoms with Gasteiger partial charge in [0.2, 0.25) is 0 Å². The van der Waals surface area contributed by atoms with Gasteiger partial charge in [-0.25, -0.2) is 4.79 Å². The second kappa shape index (κ2) is 4.04. The maximum absolute atomic E-state index is 10.8. The van der Waals surface area contributed by atoms with E-state index in [1.54, 1.807) is 12.1 Å². The van der Waals surface area contributed by atoms with Gasteiger partial charge in [-0.1, -0.05) is 18.2 Å². The van der Waals surface area contributed by atoms with Crippen LogP contribution in [0, 0.1) is 0 Å². The van der Waals surface area contributed by atoms with Crippen LogP contribution in [-0.4, -0.2) is 16.1 Å². The smallest absolute Gasteiger partial charge is 0.335 e. The highest BCUT2D eigenvalue weighted by atomic mass is 16.4. The molecule has 0 spiro atoms. The number of H-pyrrole nitrogens is 1. The molecule has 0 atom stereocenters. The lowest BCUT2D eigenvalue weighted by molar-refractivity contribution is 0.0697. The third-order valence-corrected chi connectivity index (χ3v) is 3.02. The molecule has 1 heterocycles. The van der Waals surface area contributed by atoms with E-state index in [1.807, 2.05) is 36.5 Å². The summed E-state index contributed by atoms with van der Waals surface area (Å²) in [6, 6.07) is 15.1. The summed E-state index contributed by atoms with van der Waals surface area (Å²) in [5.41, 5.74) is 3.50. The van der Waals surface area contributed by atoms with Crippen LogP contribution in [-0.2, 0) is 0 Å². The van der Waals surface area contributed by atoms with E-state index in [0.717, 1.165) is 22.0 Å². The van der Waals surface area contributed by atoms with Crippen LogP contribution in [0.25, 0.3) is 22.0 Å². The van der Waals surface area contributed by atoms with Crippen LogP contribution in [0.1, 0.15) is 10.4 Å². The number of aromatic carboxylic acids is 1. The van der Waals surface area contributed by atoms with Crippen molar-refractivity contribution < 1.29 is 9.90 Å². The first-order chi connectivity index (χ1) is 8.74. The van der Waals surface area contributed by atoms with Gasteiger partial charge in [-0.2, -0.15) is 0 Å². The van der Waals surface area contributed by atoms with Gasteiger partial charge in [-0.15, -0.1) is 0 Å². The van der Waals surface area contributed by atoms with E-state index in [1.165, 1.54) is 0 Å². The Morgan fingerprint density at radius 2 is 1.67 bits per heavy atom. The Balaban J connectivity index is 2.05. The number of hydrogen-bond acceptors (Lipinski definition) is 1. The van der Waals surface area contributed by atoms with Crippen molar-refractivity contribution in [2.75, 3.05) is 0 Å². The Hall–Kier alpha value is -2.55. The van der Waals surface area contributed by atoms with Gasteiger partial charge in [0, 0.05) is 11.7 Å². The first kappa shape index (κ1) is 10.6. The third kappa shape index (κ3) is 1.76. The molecular formula is C15H11NO2. The van der Waals surface area contributed by atoms with Crippen molar-refractivity contribution in [2.24, 2.45) is 0 Å². The zero-order chi connectivity index (χ0) is 12.5. The first-order valence-electron chi connectivity index (χ1n) is 5.65. The van der Waals surface area contributed by atoms with Crippen LogP contribution >= 0.6 is 0 Å². The molecule has 0 saturated carbocycles. The number of rotatable bonds is 2. The predicted octanol–water partition coefficient (Wildman–Crippen LogP) is 3.53. The van der Waals surface area contributed by atoms with E-state index in [-0.39, 0.29) is 0 Å². The normalized spacial score (nSPS) is 10.7. The second-order valence-corrected chi connectivity index (χ2v) is 4.16. The number of fused-ring (bicyclic) bond motifs is 1. The van der Waals surface area contributed by atoms with Crippen molar-refractivity contribution in [3.05, 3.63) is 60.3 Å². The summed E-state index contributed by atoms with van der Waals surface area (Å²) >= 11 is 0. The van der Waals surface area contributed by atoms with Gasteiger partial charge < -0.3 is 10.1 Å². The summed E-state index contributed by atoms with van der Waals surface area (Å²) in [6.07, 6.45) is 1.90. The lowest BCUT2D eigenvalue weighted by atomic mass is 10.0. The highest BCUT2D eigenvalue weighted by molar-refractivity contribution is 5.89. The van der Waals surface area contributed by atoms with Crippen LogP contribution in [0.4, 0.5) is 0 Å². The highest BCUT2D eigenvalue weighted by Crippen LogP contribution is 2.24. The molecule has 0 saturated heterocycles. The average molecular weight is 237 g/mol. The van der Waals surface area contributed by atoms with Crippen LogP contribution in [0.3, 0.4) is 0 Å². The zero-order valence-electron chi connectivity index (χ0n) is 9.55. The largest absolute Gasteiger partial charge is 0.478 e. The number of aromatic amines is 1. The molecule has 0 aliphatic rings. The number of hydrogen-bond donors (Lipinski definition) is 2. The molecule has 0 unspecified atom stereocenters. The predicted molar refractivity (Wildman–Crippen MR) is 70.7 cm³/mol. The van der Waals surface area contributed by atoms with E-state index < -0.39 is 5.97 Å². The number of nitrogens with one attached hydrogen (secondary N) is 1. The maximum Gasteiger partial charge on any atom is 0.335 e. The summed E-state index contributed by atoms with van der Waals surface area (Å²) in [7, 11) is 0. The van der Waals surface area contributed by atoms with Gasteiger partial charge in [-0.05, 0) is 46.8 Å². The summed E-state index contributed by atoms with van der Waals surface area (Å²) in [5, 5.41) is 10.0. The molecule has 3 rings (SSSR count). The Labute approximate surface area is 104 Å². The van der Waals surface area contributed by atoms with Crippen molar-refractivity contribution in [3.8, 4) is 11.1 Å². The Morgan fingerprint density at radius 3 is 2.39 bits per heavy atom. The molecule has 2 aromatic carbocycles. The molecule has 0 fully saturated rings. The average Bonchev–Trinajstić information content (AvgIpc) is 2.86. The summed E-state index contributed by atoms with van der Waals surface area (Å²) < 4.78 is 0. The van der Waals surface area contributed by atoms with Gasteiger partial charge >= 0.3 is 5.97 Å². The van der Waals surface area contributed by atoms with Crippen molar-refractivity contribution in [1.82, 2.24) is 4.98 Å². The van der Waals surface area contributed by atoms with E-state index in [0.29, 0.717) is 5.56 Å². The fourth-order valence-corrected chi connectivity index (χ4v) is 2.04. The minimum Gasteiger partial charge on any atom is -0.478 e. The quantitative estimate of drug-likeness (QED) is 0.716. The van der Waals surface area contributed by atoms with E-state index >= 15 is 0 Å². The van der Waals surface area contributed by atoms with Crippen LogP contribution in [0.5, 0.6) is 0 Å². The molecule has 0 bridgehead atoms. The minimum absolute atomic E-state index is 0.307. The Kier molecular flexibility index (Phi) is 2.38. The van der Waals surface area contributed by atoms with Gasteiger partial charge in [-0.3, -0.25) is 0 Å². The van der Waals surface area contributed by atoms with Crippen molar-refractivity contribution >= 4 is 16.9 Å². The van der Waals surface area contributed by atoms with Crippen LogP contribution in [0.2, 0.25) is 0 Å². The van der Waals surface area contributed by atoms with Crippen molar-refractivity contribution in [1.29, 1.82) is 0 Å². The third-order valence-electron chi connectivity index (χ3n) is 3.02. The standard InChI is InChI=1S/C15H11NO2/c17-15(18)11-3-1-10(2-4-11)12-5-6-14-13(9-12)7-8-16-14/h1-9,16H,(H,17,18). The second-order valence-electron chi connectivity index (χ2n) is 4.16. The van der Waals surface area contributed by atoms with Gasteiger partial charge in [0.05, 0.1) is 5.56 Å². The molecule has 0 radical (unpaired) electrons. The number of carboxylic acid groups (broad SMARTS) is 1. The molecule has 3 heteroatoms. The van der Waals surface area contributed by atoms with E-state index in [2.05, 4.69) is 11.1 Å². The van der Waals surface area contributed by atoms with Crippen LogP contribution in [0.15, 0.2) is 54.7 Å². The number of carbonyl (C=O) groups is 1. The highest BCUT2D eigenvalue weighted by Gasteiger charge is 2.04. The van der Waals surface area contributed by atoms with Crippen molar-refractivity contribution in [2.45, 2.75) is 0 Å². The van der Waals surface area contributed by atoms with Crippen LogP contribution < -0.4 is 0 Å². The maximum atomic E-state index is 10.8. The molecule has 88 valence electrons. The lowest BCUT2D eigenvalue weighted by Gasteiger charge is -2.02. The zero-order valence-corrected chi connectivity index (χ0v) is 9.55. The monoisotopic (exact) mass is 237 g/mol. The van der Waals surface area contributed by atoms with Gasteiger partial charge in [0.1, 0.15) is 0 Å². The summed E-state index contributed by atoms with van der Waals surface area (Å²) in [5.74, 6) is -0.900. The number of aromatic nitrogens is 1. The summed E-state index contributed by atoms with van der Waals surface area (Å²) in [6.45, 7) is 0. The minimum atomic E-state index is -0.900. The fraction of sp³-hybridized carbons (Fsp3) is 0. The molecule has 0 amide bonds. The molecule has 3 aromatic rings. The Morgan fingerprint density at radius 1 is 0.944 bits per heavy atom. The lowest BCUT2D eigenvalue weighted by Crippen LogP contribution is -1.94. The molecule has 2 N–H and O–H groups in total. The fourth-order valence-electron chi connectivity index (χ4n) is 2.04.